The Balaban J connectivity index is 1.68. The average molecular weight is 271 g/mol. The van der Waals surface area contributed by atoms with Crippen LogP contribution in [-0.4, -0.2) is 24.5 Å². The molecule has 0 spiro atoms. The van der Waals surface area contributed by atoms with Gasteiger partial charge in [0.25, 0.3) is 0 Å². The molecule has 20 heavy (non-hydrogen) atoms. The molecule has 0 saturated heterocycles. The number of hydrogen-bond donors (Lipinski definition) is 0. The number of furan rings is 1. The summed E-state index contributed by atoms with van der Waals surface area (Å²) in [4.78, 5) is 4.28. The first kappa shape index (κ1) is 12.7. The van der Waals surface area contributed by atoms with E-state index in [1.54, 1.807) is 12.5 Å². The molecule has 0 bridgehead atoms. The Morgan fingerprint density at radius 1 is 1.40 bits per heavy atom. The topological polar surface area (TPSA) is 61.7 Å². The van der Waals surface area contributed by atoms with Crippen LogP contribution in [0.2, 0.25) is 0 Å². The van der Waals surface area contributed by atoms with Crippen LogP contribution in [0.5, 0.6) is 0 Å². The van der Waals surface area contributed by atoms with Gasteiger partial charge in [0.2, 0.25) is 0 Å². The fraction of sp³-hybridized carbons (Fsp3) is 0.357. The predicted molar refractivity (Wildman–Crippen MR) is 74.0 cm³/mol. The molecule has 1 atom stereocenters. The maximum absolute atomic E-state index is 5.34. The van der Waals surface area contributed by atoms with E-state index in [9.17, 15) is 0 Å². The van der Waals surface area contributed by atoms with E-state index in [-0.39, 0.29) is 6.04 Å². The van der Waals surface area contributed by atoms with Crippen molar-refractivity contribution in [1.29, 1.82) is 0 Å². The number of aryl methyl sites for hydroxylation is 2. The molecule has 104 valence electrons. The molecule has 3 aromatic rings. The van der Waals surface area contributed by atoms with Crippen LogP contribution in [-0.2, 0) is 13.5 Å². The highest BCUT2D eigenvalue weighted by molar-refractivity contribution is 5.47. The molecule has 0 aliphatic heterocycles. The molecule has 0 radical (unpaired) electrons. The van der Waals surface area contributed by atoms with Gasteiger partial charge < -0.3 is 8.98 Å². The van der Waals surface area contributed by atoms with Gasteiger partial charge in [0.15, 0.2) is 5.82 Å². The number of aromatic nitrogens is 5. The lowest BCUT2D eigenvalue weighted by atomic mass is 10.1. The van der Waals surface area contributed by atoms with Gasteiger partial charge in [0, 0.05) is 25.9 Å². The summed E-state index contributed by atoms with van der Waals surface area (Å²) in [6.07, 6.45) is 9.15. The molecule has 3 heterocycles. The summed E-state index contributed by atoms with van der Waals surface area (Å²) in [5, 5.41) is 8.39. The van der Waals surface area contributed by atoms with Gasteiger partial charge in [-0.05, 0) is 25.5 Å². The van der Waals surface area contributed by atoms with Crippen LogP contribution in [0.3, 0.4) is 0 Å². The summed E-state index contributed by atoms with van der Waals surface area (Å²) in [7, 11) is 1.95. The SMILES string of the molecule is CC(CCc1ccco1)n1cc(-c2nccn2C)nn1. The van der Waals surface area contributed by atoms with E-state index in [1.807, 2.05) is 40.8 Å². The minimum absolute atomic E-state index is 0.265. The van der Waals surface area contributed by atoms with Gasteiger partial charge in [-0.1, -0.05) is 5.21 Å². The van der Waals surface area contributed by atoms with E-state index < -0.39 is 0 Å². The van der Waals surface area contributed by atoms with Crippen molar-refractivity contribution in [3.8, 4) is 11.5 Å². The zero-order valence-corrected chi connectivity index (χ0v) is 11.6. The van der Waals surface area contributed by atoms with E-state index in [1.165, 1.54) is 0 Å². The van der Waals surface area contributed by atoms with Crippen molar-refractivity contribution in [3.05, 3.63) is 42.7 Å². The number of rotatable bonds is 5. The smallest absolute Gasteiger partial charge is 0.161 e. The second kappa shape index (κ2) is 5.32. The zero-order chi connectivity index (χ0) is 13.9. The summed E-state index contributed by atoms with van der Waals surface area (Å²) in [5.41, 5.74) is 0.794. The first-order valence-electron chi connectivity index (χ1n) is 6.66. The Morgan fingerprint density at radius 2 is 2.30 bits per heavy atom. The first-order chi connectivity index (χ1) is 9.74. The van der Waals surface area contributed by atoms with Crippen molar-refractivity contribution in [2.45, 2.75) is 25.8 Å². The monoisotopic (exact) mass is 271 g/mol. The summed E-state index contributed by atoms with van der Waals surface area (Å²) in [6.45, 7) is 2.12. The summed E-state index contributed by atoms with van der Waals surface area (Å²) < 4.78 is 9.16. The highest BCUT2D eigenvalue weighted by Gasteiger charge is 2.12. The molecule has 0 aliphatic rings. The second-order valence-corrected chi connectivity index (χ2v) is 4.91. The van der Waals surface area contributed by atoms with E-state index in [2.05, 4.69) is 22.2 Å². The normalized spacial score (nSPS) is 12.7. The molecule has 3 rings (SSSR count). The van der Waals surface area contributed by atoms with Gasteiger partial charge in [0.1, 0.15) is 11.5 Å². The van der Waals surface area contributed by atoms with E-state index in [0.717, 1.165) is 30.1 Å². The standard InChI is InChI=1S/C14H17N5O/c1-11(5-6-12-4-3-9-20-12)19-10-13(16-17-19)14-15-7-8-18(14)2/h3-4,7-11H,5-6H2,1-2H3. The lowest BCUT2D eigenvalue weighted by Crippen LogP contribution is -2.07. The van der Waals surface area contributed by atoms with Gasteiger partial charge in [-0.15, -0.1) is 5.10 Å². The summed E-state index contributed by atoms with van der Waals surface area (Å²) in [5.74, 6) is 1.83. The Labute approximate surface area is 117 Å². The van der Waals surface area contributed by atoms with Crippen molar-refractivity contribution in [2.75, 3.05) is 0 Å². The van der Waals surface area contributed by atoms with Crippen molar-refractivity contribution >= 4 is 0 Å². The van der Waals surface area contributed by atoms with Gasteiger partial charge in [-0.2, -0.15) is 0 Å². The lowest BCUT2D eigenvalue weighted by molar-refractivity contribution is 0.420. The van der Waals surface area contributed by atoms with Crippen LogP contribution in [0.25, 0.3) is 11.5 Å². The van der Waals surface area contributed by atoms with Crippen LogP contribution >= 0.6 is 0 Å². The first-order valence-corrected chi connectivity index (χ1v) is 6.66. The maximum atomic E-state index is 5.34. The Kier molecular flexibility index (Phi) is 3.37. The number of hydrogen-bond acceptors (Lipinski definition) is 4. The van der Waals surface area contributed by atoms with Crippen LogP contribution in [0.1, 0.15) is 25.1 Å². The largest absolute Gasteiger partial charge is 0.469 e. The number of nitrogens with zero attached hydrogens (tertiary/aromatic N) is 5. The highest BCUT2D eigenvalue weighted by Crippen LogP contribution is 2.18. The van der Waals surface area contributed by atoms with Gasteiger partial charge in [-0.25, -0.2) is 9.67 Å². The minimum atomic E-state index is 0.265. The van der Waals surface area contributed by atoms with E-state index in [0.29, 0.717) is 0 Å². The fourth-order valence-corrected chi connectivity index (χ4v) is 2.15. The number of imidazole rings is 1. The highest BCUT2D eigenvalue weighted by atomic mass is 16.3. The van der Waals surface area contributed by atoms with Crippen molar-refractivity contribution in [3.63, 3.8) is 0 Å². The molecular weight excluding hydrogens is 254 g/mol. The molecular formula is C14H17N5O. The Morgan fingerprint density at radius 3 is 3.00 bits per heavy atom. The van der Waals surface area contributed by atoms with Crippen molar-refractivity contribution in [1.82, 2.24) is 24.5 Å². The molecule has 0 N–H and O–H groups in total. The maximum Gasteiger partial charge on any atom is 0.161 e. The molecule has 6 heteroatoms. The van der Waals surface area contributed by atoms with Crippen molar-refractivity contribution < 1.29 is 4.42 Å². The third-order valence-corrected chi connectivity index (χ3v) is 3.40. The third-order valence-electron chi connectivity index (χ3n) is 3.40. The van der Waals surface area contributed by atoms with Crippen molar-refractivity contribution in [2.24, 2.45) is 7.05 Å². The molecule has 6 nitrogen and oxygen atoms in total. The molecule has 0 fully saturated rings. The van der Waals surface area contributed by atoms with Gasteiger partial charge in [-0.3, -0.25) is 0 Å². The minimum Gasteiger partial charge on any atom is -0.469 e. The lowest BCUT2D eigenvalue weighted by Gasteiger charge is -2.09. The van der Waals surface area contributed by atoms with Crippen LogP contribution in [0, 0.1) is 0 Å². The fourth-order valence-electron chi connectivity index (χ4n) is 2.15. The molecule has 0 amide bonds. The second-order valence-electron chi connectivity index (χ2n) is 4.91. The Bertz CT molecular complexity index is 667. The zero-order valence-electron chi connectivity index (χ0n) is 11.6. The van der Waals surface area contributed by atoms with Crippen LogP contribution < -0.4 is 0 Å². The average Bonchev–Trinajstić information content (AvgIpc) is 3.16. The summed E-state index contributed by atoms with van der Waals surface area (Å²) >= 11 is 0. The van der Waals surface area contributed by atoms with Crippen LogP contribution in [0.15, 0.2) is 41.4 Å². The Hall–Kier alpha value is -2.37. The summed E-state index contributed by atoms with van der Waals surface area (Å²) in [6, 6.07) is 4.17. The predicted octanol–water partition coefficient (Wildman–Crippen LogP) is 2.47. The van der Waals surface area contributed by atoms with E-state index in [4.69, 9.17) is 4.42 Å². The molecule has 1 unspecified atom stereocenters. The molecule has 0 aromatic carbocycles. The quantitative estimate of drug-likeness (QED) is 0.715. The van der Waals surface area contributed by atoms with E-state index >= 15 is 0 Å². The third kappa shape index (κ3) is 2.49. The van der Waals surface area contributed by atoms with Crippen LogP contribution in [0.4, 0.5) is 0 Å². The van der Waals surface area contributed by atoms with Gasteiger partial charge in [0.05, 0.1) is 18.5 Å². The van der Waals surface area contributed by atoms with Gasteiger partial charge >= 0.3 is 0 Å². The molecule has 0 aliphatic carbocycles. The molecule has 0 saturated carbocycles. The molecule has 3 aromatic heterocycles.